The third-order valence-electron chi connectivity index (χ3n) is 4.62. The van der Waals surface area contributed by atoms with Crippen LogP contribution in [-0.2, 0) is 0 Å². The zero-order valence-electron chi connectivity index (χ0n) is 14.9. The summed E-state index contributed by atoms with van der Waals surface area (Å²) in [6.07, 6.45) is 3.46. The number of fused-ring (bicyclic) bond motifs is 2. The quantitative estimate of drug-likeness (QED) is 0.502. The van der Waals surface area contributed by atoms with E-state index in [2.05, 4.69) is 25.3 Å². The van der Waals surface area contributed by atoms with E-state index in [0.717, 1.165) is 33.4 Å². The van der Waals surface area contributed by atoms with Gasteiger partial charge in [0.05, 0.1) is 11.0 Å². The van der Waals surface area contributed by atoms with Crippen LogP contribution in [0.3, 0.4) is 0 Å². The molecule has 0 saturated heterocycles. The molecule has 5 rings (SSSR count). The van der Waals surface area contributed by atoms with Crippen molar-refractivity contribution in [2.45, 2.75) is 0 Å². The van der Waals surface area contributed by atoms with E-state index in [1.54, 1.807) is 18.5 Å². The van der Waals surface area contributed by atoms with Gasteiger partial charge in [0.25, 0.3) is 0 Å². The van der Waals surface area contributed by atoms with Gasteiger partial charge in [0.15, 0.2) is 11.4 Å². The second kappa shape index (κ2) is 6.31. The number of hydrogen-bond donors (Lipinski definition) is 2. The van der Waals surface area contributed by atoms with Crippen molar-refractivity contribution in [1.29, 1.82) is 0 Å². The molecule has 0 bridgehead atoms. The highest BCUT2D eigenvalue weighted by molar-refractivity contribution is 5.97. The molecule has 0 fully saturated rings. The Bertz CT molecular complexity index is 1370. The molecule has 2 aromatic carbocycles. The number of hydrogen-bond acceptors (Lipinski definition) is 6. The van der Waals surface area contributed by atoms with Gasteiger partial charge in [0, 0.05) is 36.0 Å². The maximum absolute atomic E-state index is 11.6. The number of aromatic nitrogens is 4. The van der Waals surface area contributed by atoms with Crippen LogP contribution in [0, 0.1) is 0 Å². The van der Waals surface area contributed by atoms with Crippen molar-refractivity contribution in [2.75, 3.05) is 12.4 Å². The number of aromatic amines is 1. The zero-order chi connectivity index (χ0) is 19.1. The van der Waals surface area contributed by atoms with Crippen molar-refractivity contribution in [3.05, 3.63) is 71.5 Å². The second-order valence-electron chi connectivity index (χ2n) is 6.31. The molecule has 0 spiro atoms. The van der Waals surface area contributed by atoms with E-state index in [0.29, 0.717) is 16.9 Å². The molecular weight excluding hydrogens is 354 g/mol. The third-order valence-corrected chi connectivity index (χ3v) is 4.62. The molecule has 0 atom stereocenters. The molecule has 2 N–H and O–H groups in total. The van der Waals surface area contributed by atoms with Gasteiger partial charge in [-0.25, -0.2) is 14.8 Å². The van der Waals surface area contributed by atoms with Gasteiger partial charge in [0.2, 0.25) is 0 Å². The van der Waals surface area contributed by atoms with Gasteiger partial charge in [-0.2, -0.15) is 0 Å². The van der Waals surface area contributed by atoms with E-state index in [4.69, 9.17) is 4.42 Å². The highest BCUT2D eigenvalue weighted by Crippen LogP contribution is 2.32. The van der Waals surface area contributed by atoms with Crippen LogP contribution in [-0.4, -0.2) is 27.0 Å². The van der Waals surface area contributed by atoms with Crippen molar-refractivity contribution in [3.8, 4) is 22.5 Å². The van der Waals surface area contributed by atoms with Gasteiger partial charge in [-0.1, -0.05) is 18.2 Å². The number of para-hydroxylation sites is 1. The smallest absolute Gasteiger partial charge is 0.408 e. The van der Waals surface area contributed by atoms with E-state index < -0.39 is 5.76 Å². The lowest BCUT2D eigenvalue weighted by Crippen LogP contribution is -1.99. The maximum atomic E-state index is 11.6. The summed E-state index contributed by atoms with van der Waals surface area (Å²) in [6.45, 7) is 0. The molecule has 0 radical (unpaired) electrons. The Kier molecular flexibility index (Phi) is 3.65. The first-order valence-electron chi connectivity index (χ1n) is 8.75. The number of rotatable bonds is 3. The van der Waals surface area contributed by atoms with Crippen molar-refractivity contribution in [2.24, 2.45) is 0 Å². The lowest BCUT2D eigenvalue weighted by molar-refractivity contribution is 0.555. The minimum atomic E-state index is -0.469. The molecule has 136 valence electrons. The number of benzene rings is 2. The lowest BCUT2D eigenvalue weighted by atomic mass is 10.0. The summed E-state index contributed by atoms with van der Waals surface area (Å²) >= 11 is 0. The number of H-pyrrole nitrogens is 1. The van der Waals surface area contributed by atoms with Crippen LogP contribution in [0.5, 0.6) is 0 Å². The Hall–Kier alpha value is -4.00. The number of nitrogens with zero attached hydrogens (tertiary/aromatic N) is 3. The standard InChI is InChI=1S/C21H15N5O2/c1-22-20-15-10-12(14-5-2-6-17-18(14)25-21(27)28-17)7-8-16(15)24-19(26-20)13-4-3-9-23-11-13/h2-11H,1H3,(H,25,27)(H,22,24,26). The molecule has 28 heavy (non-hydrogen) atoms. The van der Waals surface area contributed by atoms with Crippen LogP contribution in [0.4, 0.5) is 5.82 Å². The second-order valence-corrected chi connectivity index (χ2v) is 6.31. The normalized spacial score (nSPS) is 11.2. The van der Waals surface area contributed by atoms with Crippen LogP contribution in [0.25, 0.3) is 44.5 Å². The SMILES string of the molecule is CNc1nc(-c2cccnc2)nc2ccc(-c3cccc4oc(=O)[nH]c34)cc12. The van der Waals surface area contributed by atoms with Crippen LogP contribution in [0.1, 0.15) is 0 Å². The number of anilines is 1. The van der Waals surface area contributed by atoms with Gasteiger partial charge in [0.1, 0.15) is 5.82 Å². The fraction of sp³-hybridized carbons (Fsp3) is 0.0476. The molecule has 0 aliphatic carbocycles. The molecular formula is C21H15N5O2. The van der Waals surface area contributed by atoms with Crippen LogP contribution < -0.4 is 11.1 Å². The van der Waals surface area contributed by atoms with Gasteiger partial charge in [-0.05, 0) is 35.9 Å². The Balaban J connectivity index is 1.72. The summed E-state index contributed by atoms with van der Waals surface area (Å²) in [5.41, 5.74) is 4.68. The highest BCUT2D eigenvalue weighted by atomic mass is 16.4. The van der Waals surface area contributed by atoms with Gasteiger partial charge < -0.3 is 9.73 Å². The molecule has 0 unspecified atom stereocenters. The monoisotopic (exact) mass is 369 g/mol. The first kappa shape index (κ1) is 16.2. The van der Waals surface area contributed by atoms with Crippen LogP contribution in [0.15, 0.2) is 70.1 Å². The Morgan fingerprint density at radius 1 is 1.04 bits per heavy atom. The fourth-order valence-electron chi connectivity index (χ4n) is 3.32. The Labute approximate surface area is 159 Å². The number of nitrogens with one attached hydrogen (secondary N) is 2. The summed E-state index contributed by atoms with van der Waals surface area (Å²) < 4.78 is 5.17. The van der Waals surface area contributed by atoms with E-state index >= 15 is 0 Å². The Morgan fingerprint density at radius 3 is 2.79 bits per heavy atom. The van der Waals surface area contributed by atoms with Crippen LogP contribution in [0.2, 0.25) is 0 Å². The minimum Gasteiger partial charge on any atom is -0.408 e. The largest absolute Gasteiger partial charge is 0.417 e. The summed E-state index contributed by atoms with van der Waals surface area (Å²) in [6, 6.07) is 15.3. The van der Waals surface area contributed by atoms with Crippen molar-refractivity contribution in [3.63, 3.8) is 0 Å². The first-order valence-corrected chi connectivity index (χ1v) is 8.75. The predicted molar refractivity (Wildman–Crippen MR) is 108 cm³/mol. The van der Waals surface area contributed by atoms with E-state index in [1.807, 2.05) is 49.5 Å². The minimum absolute atomic E-state index is 0.469. The van der Waals surface area contributed by atoms with Crippen molar-refractivity contribution >= 4 is 27.8 Å². The number of pyridine rings is 1. The van der Waals surface area contributed by atoms with E-state index in [9.17, 15) is 4.79 Å². The van der Waals surface area contributed by atoms with E-state index in [1.165, 1.54) is 0 Å². The zero-order valence-corrected chi connectivity index (χ0v) is 14.9. The maximum Gasteiger partial charge on any atom is 0.417 e. The average molecular weight is 369 g/mol. The fourth-order valence-corrected chi connectivity index (χ4v) is 3.32. The molecule has 0 saturated carbocycles. The highest BCUT2D eigenvalue weighted by Gasteiger charge is 2.13. The summed E-state index contributed by atoms with van der Waals surface area (Å²) in [5.74, 6) is 0.862. The molecule has 7 nitrogen and oxygen atoms in total. The topological polar surface area (TPSA) is 96.7 Å². The molecule has 5 aromatic rings. The average Bonchev–Trinajstić information content (AvgIpc) is 3.13. The predicted octanol–water partition coefficient (Wildman–Crippen LogP) is 3.84. The van der Waals surface area contributed by atoms with Crippen molar-refractivity contribution < 1.29 is 4.42 Å². The molecule has 3 aromatic heterocycles. The summed E-state index contributed by atoms with van der Waals surface area (Å²) in [7, 11) is 1.83. The van der Waals surface area contributed by atoms with Crippen molar-refractivity contribution in [1.82, 2.24) is 19.9 Å². The molecule has 0 aliphatic rings. The van der Waals surface area contributed by atoms with Gasteiger partial charge in [-0.15, -0.1) is 0 Å². The lowest BCUT2D eigenvalue weighted by Gasteiger charge is -2.10. The van der Waals surface area contributed by atoms with Gasteiger partial charge in [-0.3, -0.25) is 9.97 Å². The van der Waals surface area contributed by atoms with Gasteiger partial charge >= 0.3 is 5.76 Å². The van der Waals surface area contributed by atoms with Crippen LogP contribution >= 0.6 is 0 Å². The number of oxazole rings is 1. The summed E-state index contributed by atoms with van der Waals surface area (Å²) in [4.78, 5) is 27.8. The third kappa shape index (κ3) is 2.61. The van der Waals surface area contributed by atoms with E-state index in [-0.39, 0.29) is 0 Å². The molecule has 3 heterocycles. The molecule has 0 amide bonds. The molecule has 7 heteroatoms. The molecule has 0 aliphatic heterocycles. The Morgan fingerprint density at radius 2 is 1.96 bits per heavy atom. The first-order chi connectivity index (χ1) is 13.7. The summed E-state index contributed by atoms with van der Waals surface area (Å²) in [5, 5.41) is 4.04.